The normalized spacial score (nSPS) is 25.7. The lowest BCUT2D eigenvalue weighted by molar-refractivity contribution is 0.0179. The first-order valence-electron chi connectivity index (χ1n) is 8.19. The molecule has 0 aliphatic heterocycles. The molecule has 1 fully saturated rings. The standard InChI is InChI=1S/C18H17BrN4O3/c19-12-6-23(18-14(12)17(20)21-8-22-18)13-5-11(15(25)16(13)26)10-3-1-9(7-24)2-4-10/h1-4,6-8,11,13,15-16,25-26H,5H2,(H2,20,21,22)/t11-,13-,15-,16+/m1/s1. The number of hydrogen-bond acceptors (Lipinski definition) is 6. The Morgan fingerprint density at radius 1 is 1.19 bits per heavy atom. The smallest absolute Gasteiger partial charge is 0.150 e. The lowest BCUT2D eigenvalue weighted by Crippen LogP contribution is -2.28. The summed E-state index contributed by atoms with van der Waals surface area (Å²) in [6.07, 6.45) is 2.63. The van der Waals surface area contributed by atoms with Gasteiger partial charge in [-0.1, -0.05) is 24.3 Å². The number of rotatable bonds is 3. The highest BCUT2D eigenvalue weighted by Crippen LogP contribution is 2.44. The van der Waals surface area contributed by atoms with Crippen LogP contribution in [0.4, 0.5) is 5.82 Å². The molecule has 2 aromatic heterocycles. The van der Waals surface area contributed by atoms with Crippen molar-refractivity contribution in [3.8, 4) is 0 Å². The van der Waals surface area contributed by atoms with Crippen LogP contribution in [0.25, 0.3) is 11.0 Å². The summed E-state index contributed by atoms with van der Waals surface area (Å²) >= 11 is 3.47. The van der Waals surface area contributed by atoms with Gasteiger partial charge in [0.15, 0.2) is 0 Å². The largest absolute Gasteiger partial charge is 0.390 e. The van der Waals surface area contributed by atoms with Crippen molar-refractivity contribution in [2.75, 3.05) is 5.73 Å². The van der Waals surface area contributed by atoms with Gasteiger partial charge in [0.1, 0.15) is 30.2 Å². The van der Waals surface area contributed by atoms with E-state index >= 15 is 0 Å². The molecule has 8 heteroatoms. The minimum atomic E-state index is -0.954. The van der Waals surface area contributed by atoms with Gasteiger partial charge in [0.25, 0.3) is 0 Å². The number of aldehydes is 1. The van der Waals surface area contributed by atoms with Crippen LogP contribution in [-0.4, -0.2) is 43.2 Å². The first kappa shape index (κ1) is 17.1. The van der Waals surface area contributed by atoms with E-state index in [1.807, 2.05) is 22.9 Å². The maximum absolute atomic E-state index is 10.8. The molecule has 1 aliphatic carbocycles. The summed E-state index contributed by atoms with van der Waals surface area (Å²) in [6.45, 7) is 0. The Morgan fingerprint density at radius 2 is 1.92 bits per heavy atom. The molecule has 0 radical (unpaired) electrons. The average molecular weight is 417 g/mol. The quantitative estimate of drug-likeness (QED) is 0.562. The van der Waals surface area contributed by atoms with Crippen molar-refractivity contribution in [3.05, 3.63) is 52.4 Å². The van der Waals surface area contributed by atoms with Crippen molar-refractivity contribution < 1.29 is 15.0 Å². The average Bonchev–Trinajstić information content (AvgIpc) is 3.14. The number of carbonyl (C=O) groups excluding carboxylic acids is 1. The van der Waals surface area contributed by atoms with E-state index < -0.39 is 12.2 Å². The molecule has 7 nitrogen and oxygen atoms in total. The van der Waals surface area contributed by atoms with Gasteiger partial charge in [-0.15, -0.1) is 0 Å². The molecule has 0 unspecified atom stereocenters. The van der Waals surface area contributed by atoms with E-state index in [4.69, 9.17) is 5.73 Å². The zero-order chi connectivity index (χ0) is 18.4. The van der Waals surface area contributed by atoms with Crippen molar-refractivity contribution in [1.82, 2.24) is 14.5 Å². The van der Waals surface area contributed by atoms with E-state index in [2.05, 4.69) is 25.9 Å². The van der Waals surface area contributed by atoms with Crippen molar-refractivity contribution in [3.63, 3.8) is 0 Å². The Kier molecular flexibility index (Phi) is 4.26. The monoisotopic (exact) mass is 416 g/mol. The second kappa shape index (κ2) is 6.46. The summed E-state index contributed by atoms with van der Waals surface area (Å²) in [4.78, 5) is 19.1. The van der Waals surface area contributed by atoms with Crippen LogP contribution in [0.15, 0.2) is 41.3 Å². The highest BCUT2D eigenvalue weighted by atomic mass is 79.9. The number of aliphatic hydroxyl groups is 2. The number of anilines is 1. The second-order valence-corrected chi connectivity index (χ2v) is 7.37. The van der Waals surface area contributed by atoms with E-state index in [0.29, 0.717) is 28.8 Å². The molecule has 4 rings (SSSR count). The van der Waals surface area contributed by atoms with Crippen LogP contribution in [0.1, 0.15) is 34.3 Å². The number of fused-ring (bicyclic) bond motifs is 1. The third kappa shape index (κ3) is 2.61. The third-order valence-electron chi connectivity index (χ3n) is 5.10. The second-order valence-electron chi connectivity index (χ2n) is 6.52. The molecule has 0 saturated heterocycles. The van der Waals surface area contributed by atoms with Gasteiger partial charge in [0.2, 0.25) is 0 Å². The molecular formula is C18H17BrN4O3. The first-order valence-corrected chi connectivity index (χ1v) is 8.98. The van der Waals surface area contributed by atoms with Gasteiger partial charge in [0.05, 0.1) is 17.5 Å². The lowest BCUT2D eigenvalue weighted by atomic mass is 9.94. The summed E-state index contributed by atoms with van der Waals surface area (Å²) in [6, 6.07) is 6.70. The van der Waals surface area contributed by atoms with Crippen molar-refractivity contribution in [1.29, 1.82) is 0 Å². The molecule has 1 aliphatic rings. The van der Waals surface area contributed by atoms with Crippen LogP contribution in [0.2, 0.25) is 0 Å². The molecule has 0 spiro atoms. The molecule has 0 bridgehead atoms. The SMILES string of the molecule is Nc1ncnc2c1c(Br)cn2[C@@H]1C[C@H](c2ccc(C=O)cc2)[C@@H](O)[C@H]1O. The molecule has 2 heterocycles. The van der Waals surface area contributed by atoms with Gasteiger partial charge < -0.3 is 20.5 Å². The third-order valence-corrected chi connectivity index (χ3v) is 5.70. The van der Waals surface area contributed by atoms with E-state index in [1.54, 1.807) is 12.1 Å². The zero-order valence-electron chi connectivity index (χ0n) is 13.7. The predicted molar refractivity (Wildman–Crippen MR) is 99.9 cm³/mol. The summed E-state index contributed by atoms with van der Waals surface area (Å²) < 4.78 is 2.58. The molecule has 1 aromatic carbocycles. The number of hydrogen-bond donors (Lipinski definition) is 3. The summed E-state index contributed by atoms with van der Waals surface area (Å²) in [5.74, 6) is 0.112. The Hall–Kier alpha value is -2.29. The van der Waals surface area contributed by atoms with Gasteiger partial charge in [-0.3, -0.25) is 4.79 Å². The van der Waals surface area contributed by atoms with Crippen LogP contribution >= 0.6 is 15.9 Å². The fourth-order valence-corrected chi connectivity index (χ4v) is 4.35. The number of aromatic nitrogens is 3. The Balaban J connectivity index is 1.72. The molecule has 0 amide bonds. The fourth-order valence-electron chi connectivity index (χ4n) is 3.75. The Labute approximate surface area is 157 Å². The summed E-state index contributed by atoms with van der Waals surface area (Å²) in [5.41, 5.74) is 8.01. The van der Waals surface area contributed by atoms with Crippen LogP contribution in [0.5, 0.6) is 0 Å². The minimum absolute atomic E-state index is 0.244. The highest BCUT2D eigenvalue weighted by Gasteiger charge is 2.43. The van der Waals surface area contributed by atoms with E-state index in [0.717, 1.165) is 16.3 Å². The van der Waals surface area contributed by atoms with Crippen molar-refractivity contribution in [2.24, 2.45) is 0 Å². The van der Waals surface area contributed by atoms with Gasteiger partial charge in [-0.2, -0.15) is 0 Å². The Bertz CT molecular complexity index is 972. The van der Waals surface area contributed by atoms with E-state index in [9.17, 15) is 15.0 Å². The summed E-state index contributed by atoms with van der Waals surface area (Å²) in [5, 5.41) is 22.0. The number of benzene rings is 1. The maximum atomic E-state index is 10.8. The number of carbonyl (C=O) groups is 1. The Morgan fingerprint density at radius 3 is 2.62 bits per heavy atom. The van der Waals surface area contributed by atoms with Crippen molar-refractivity contribution in [2.45, 2.75) is 30.6 Å². The predicted octanol–water partition coefficient (Wildman–Crippen LogP) is 2.04. The number of aliphatic hydroxyl groups excluding tert-OH is 2. The fraction of sp³-hybridized carbons (Fsp3) is 0.278. The number of nitrogens with two attached hydrogens (primary N) is 1. The first-order chi connectivity index (χ1) is 12.5. The van der Waals surface area contributed by atoms with Gasteiger partial charge in [-0.25, -0.2) is 9.97 Å². The number of nitrogen functional groups attached to an aromatic ring is 1. The molecular weight excluding hydrogens is 400 g/mol. The van der Waals surface area contributed by atoms with Crippen LogP contribution in [0, 0.1) is 0 Å². The highest BCUT2D eigenvalue weighted by molar-refractivity contribution is 9.10. The van der Waals surface area contributed by atoms with Crippen LogP contribution in [-0.2, 0) is 0 Å². The van der Waals surface area contributed by atoms with E-state index in [-0.39, 0.29) is 12.0 Å². The van der Waals surface area contributed by atoms with Gasteiger partial charge in [0, 0.05) is 22.2 Å². The lowest BCUT2D eigenvalue weighted by Gasteiger charge is -2.19. The van der Waals surface area contributed by atoms with Gasteiger partial charge in [-0.05, 0) is 27.9 Å². The van der Waals surface area contributed by atoms with Crippen LogP contribution < -0.4 is 5.73 Å². The number of halogens is 1. The van der Waals surface area contributed by atoms with Crippen LogP contribution in [0.3, 0.4) is 0 Å². The topological polar surface area (TPSA) is 114 Å². The molecule has 4 atom stereocenters. The minimum Gasteiger partial charge on any atom is -0.390 e. The maximum Gasteiger partial charge on any atom is 0.150 e. The molecule has 134 valence electrons. The molecule has 1 saturated carbocycles. The van der Waals surface area contributed by atoms with E-state index in [1.165, 1.54) is 6.33 Å². The molecule has 4 N–H and O–H groups in total. The molecule has 3 aromatic rings. The summed E-state index contributed by atoms with van der Waals surface area (Å²) in [7, 11) is 0. The molecule has 26 heavy (non-hydrogen) atoms. The van der Waals surface area contributed by atoms with Gasteiger partial charge >= 0.3 is 0 Å². The number of nitrogens with zero attached hydrogens (tertiary/aromatic N) is 3. The van der Waals surface area contributed by atoms with Crippen molar-refractivity contribution >= 4 is 39.1 Å². The zero-order valence-corrected chi connectivity index (χ0v) is 15.2.